The number of hydrogen-bond donors (Lipinski definition) is 1. The number of carbonyl (C=O) groups excluding carboxylic acids is 2. The highest BCUT2D eigenvalue weighted by Crippen LogP contribution is 2.44. The first-order chi connectivity index (χ1) is 11.2. The molecule has 0 amide bonds. The molecular formula is C19H26O5. The van der Waals surface area contributed by atoms with Crippen LogP contribution in [0, 0.1) is 17.3 Å². The van der Waals surface area contributed by atoms with Crippen molar-refractivity contribution in [2.75, 3.05) is 6.61 Å². The number of Topliss-reactive ketones (excluding diaryl/α,β-unsaturated/α-hetero) is 1. The second-order valence-electron chi connectivity index (χ2n) is 6.39. The molecule has 0 bridgehead atoms. The number of ketones is 1. The summed E-state index contributed by atoms with van der Waals surface area (Å²) in [5.74, 6) is -1.63. The van der Waals surface area contributed by atoms with Gasteiger partial charge in [0.15, 0.2) is 0 Å². The smallest absolute Gasteiger partial charge is 0.328 e. The third-order valence-corrected chi connectivity index (χ3v) is 4.58. The number of hydrogen-bond acceptors (Lipinski definition) is 4. The van der Waals surface area contributed by atoms with Crippen molar-refractivity contribution in [2.24, 2.45) is 17.3 Å². The Morgan fingerprint density at radius 2 is 2.04 bits per heavy atom. The van der Waals surface area contributed by atoms with Crippen LogP contribution in [0.15, 0.2) is 36.0 Å². The number of carboxylic acid groups (broad SMARTS) is 1. The van der Waals surface area contributed by atoms with E-state index in [-0.39, 0.29) is 23.6 Å². The summed E-state index contributed by atoms with van der Waals surface area (Å²) in [6.07, 6.45) is 8.72. The van der Waals surface area contributed by atoms with Crippen molar-refractivity contribution in [1.29, 1.82) is 0 Å². The number of carbonyl (C=O) groups is 3. The Morgan fingerprint density at radius 1 is 1.38 bits per heavy atom. The molecule has 0 aromatic carbocycles. The maximum Gasteiger partial charge on any atom is 0.328 e. The highest BCUT2D eigenvalue weighted by atomic mass is 16.5. The van der Waals surface area contributed by atoms with E-state index in [2.05, 4.69) is 0 Å². The minimum absolute atomic E-state index is 0.152. The molecular weight excluding hydrogens is 308 g/mol. The van der Waals surface area contributed by atoms with Crippen LogP contribution in [0.25, 0.3) is 0 Å². The lowest BCUT2D eigenvalue weighted by Gasteiger charge is -2.40. The fourth-order valence-electron chi connectivity index (χ4n) is 3.04. The molecule has 1 aliphatic carbocycles. The van der Waals surface area contributed by atoms with Gasteiger partial charge in [-0.1, -0.05) is 36.8 Å². The molecule has 1 saturated carbocycles. The quantitative estimate of drug-likeness (QED) is 0.458. The van der Waals surface area contributed by atoms with E-state index in [4.69, 9.17) is 9.84 Å². The summed E-state index contributed by atoms with van der Waals surface area (Å²) in [4.78, 5) is 35.0. The number of carboxylic acids is 1. The van der Waals surface area contributed by atoms with Gasteiger partial charge >= 0.3 is 11.9 Å². The van der Waals surface area contributed by atoms with Crippen molar-refractivity contribution in [1.82, 2.24) is 0 Å². The van der Waals surface area contributed by atoms with E-state index in [9.17, 15) is 14.4 Å². The minimum atomic E-state index is -1.01. The molecule has 0 aromatic rings. The molecule has 1 N–H and O–H groups in total. The molecule has 3 unspecified atom stereocenters. The Morgan fingerprint density at radius 3 is 2.62 bits per heavy atom. The number of rotatable bonds is 6. The number of aliphatic carboxylic acids is 1. The van der Waals surface area contributed by atoms with Crippen LogP contribution in [0.5, 0.6) is 0 Å². The van der Waals surface area contributed by atoms with E-state index in [1.165, 1.54) is 6.08 Å². The SMILES string of the molecule is CCOC(=O)C1(C)CCC(=O)C(C)C1C=CC(C)=CC=CC(=O)O. The van der Waals surface area contributed by atoms with Crippen LogP contribution in [-0.2, 0) is 19.1 Å². The van der Waals surface area contributed by atoms with Crippen molar-refractivity contribution < 1.29 is 24.2 Å². The van der Waals surface area contributed by atoms with Crippen LogP contribution in [-0.4, -0.2) is 29.4 Å². The summed E-state index contributed by atoms with van der Waals surface area (Å²) in [6, 6.07) is 0. The molecule has 1 fully saturated rings. The highest BCUT2D eigenvalue weighted by Gasteiger charge is 2.48. The lowest BCUT2D eigenvalue weighted by molar-refractivity contribution is -0.161. The van der Waals surface area contributed by atoms with Gasteiger partial charge in [0.2, 0.25) is 0 Å². The molecule has 0 aliphatic heterocycles. The van der Waals surface area contributed by atoms with Crippen LogP contribution in [0.2, 0.25) is 0 Å². The third kappa shape index (κ3) is 4.91. The fourth-order valence-corrected chi connectivity index (χ4v) is 3.04. The Bertz CT molecular complexity index is 585. The summed E-state index contributed by atoms with van der Waals surface area (Å²) >= 11 is 0. The Kier molecular flexibility index (Phi) is 7.14. The maximum absolute atomic E-state index is 12.4. The molecule has 1 aliphatic rings. The van der Waals surface area contributed by atoms with Crippen LogP contribution in [0.1, 0.15) is 40.5 Å². The largest absolute Gasteiger partial charge is 0.478 e. The molecule has 1 rings (SSSR count). The third-order valence-electron chi connectivity index (χ3n) is 4.58. The highest BCUT2D eigenvalue weighted by molar-refractivity contribution is 5.87. The Hall–Kier alpha value is -2.17. The van der Waals surface area contributed by atoms with Gasteiger partial charge in [-0.2, -0.15) is 0 Å². The zero-order valence-electron chi connectivity index (χ0n) is 14.7. The molecule has 24 heavy (non-hydrogen) atoms. The van der Waals surface area contributed by atoms with Gasteiger partial charge in [-0.25, -0.2) is 4.79 Å². The van der Waals surface area contributed by atoms with Crippen LogP contribution in [0.4, 0.5) is 0 Å². The summed E-state index contributed by atoms with van der Waals surface area (Å²) in [6.45, 7) is 7.61. The summed E-state index contributed by atoms with van der Waals surface area (Å²) in [5, 5.41) is 8.58. The number of ether oxygens (including phenoxy) is 1. The molecule has 0 aromatic heterocycles. The standard InChI is InChI=1S/C19H26O5/c1-5-24-18(23)19(4)12-11-16(20)14(3)15(19)10-9-13(2)7-6-8-17(21)22/h6-10,14-15H,5,11-12H2,1-4H3,(H,21,22). The van der Waals surface area contributed by atoms with E-state index in [0.29, 0.717) is 19.4 Å². The zero-order valence-corrected chi connectivity index (χ0v) is 14.7. The average Bonchev–Trinajstić information content (AvgIpc) is 2.51. The molecule has 0 radical (unpaired) electrons. The predicted molar refractivity (Wildman–Crippen MR) is 91.3 cm³/mol. The average molecular weight is 334 g/mol. The zero-order chi connectivity index (χ0) is 18.3. The molecule has 5 heteroatoms. The summed E-state index contributed by atoms with van der Waals surface area (Å²) in [5.41, 5.74) is 0.112. The second kappa shape index (κ2) is 8.62. The van der Waals surface area contributed by atoms with E-state index in [1.54, 1.807) is 13.0 Å². The van der Waals surface area contributed by atoms with Gasteiger partial charge in [-0.3, -0.25) is 9.59 Å². The molecule has 5 nitrogen and oxygen atoms in total. The van der Waals surface area contributed by atoms with Crippen LogP contribution >= 0.6 is 0 Å². The minimum Gasteiger partial charge on any atom is -0.478 e. The van der Waals surface area contributed by atoms with Gasteiger partial charge < -0.3 is 9.84 Å². The number of esters is 1. The summed E-state index contributed by atoms with van der Waals surface area (Å²) < 4.78 is 5.22. The molecule has 0 saturated heterocycles. The first-order valence-electron chi connectivity index (χ1n) is 8.18. The lowest BCUT2D eigenvalue weighted by atomic mass is 9.62. The van der Waals surface area contributed by atoms with E-state index < -0.39 is 11.4 Å². The fraction of sp³-hybridized carbons (Fsp3) is 0.526. The van der Waals surface area contributed by atoms with Gasteiger partial charge in [-0.05, 0) is 27.2 Å². The van der Waals surface area contributed by atoms with Crippen molar-refractivity contribution in [3.63, 3.8) is 0 Å². The maximum atomic E-state index is 12.4. The molecule has 0 heterocycles. The predicted octanol–water partition coefficient (Wildman–Crippen LogP) is 3.31. The van der Waals surface area contributed by atoms with Gasteiger partial charge in [0.05, 0.1) is 12.0 Å². The van der Waals surface area contributed by atoms with Gasteiger partial charge in [0.1, 0.15) is 5.78 Å². The Labute approximate surface area is 143 Å². The van der Waals surface area contributed by atoms with Gasteiger partial charge in [0, 0.05) is 24.3 Å². The monoisotopic (exact) mass is 334 g/mol. The normalized spacial score (nSPS) is 28.5. The molecule has 3 atom stereocenters. The van der Waals surface area contributed by atoms with E-state index in [0.717, 1.165) is 11.6 Å². The molecule has 132 valence electrons. The van der Waals surface area contributed by atoms with Crippen molar-refractivity contribution in [3.05, 3.63) is 36.0 Å². The number of allylic oxidation sites excluding steroid dienone is 5. The van der Waals surface area contributed by atoms with Crippen LogP contribution < -0.4 is 0 Å². The lowest BCUT2D eigenvalue weighted by Crippen LogP contribution is -2.45. The Balaban J connectivity index is 3.04. The van der Waals surface area contributed by atoms with Crippen molar-refractivity contribution in [2.45, 2.75) is 40.5 Å². The van der Waals surface area contributed by atoms with Gasteiger partial charge in [0.25, 0.3) is 0 Å². The van der Waals surface area contributed by atoms with Crippen molar-refractivity contribution >= 4 is 17.7 Å². The first-order valence-corrected chi connectivity index (χ1v) is 8.18. The van der Waals surface area contributed by atoms with E-state index >= 15 is 0 Å². The topological polar surface area (TPSA) is 80.7 Å². The van der Waals surface area contributed by atoms with Crippen LogP contribution in [0.3, 0.4) is 0 Å². The van der Waals surface area contributed by atoms with E-state index in [1.807, 2.05) is 32.9 Å². The van der Waals surface area contributed by atoms with Crippen molar-refractivity contribution in [3.8, 4) is 0 Å². The molecule has 0 spiro atoms. The summed E-state index contributed by atoms with van der Waals surface area (Å²) in [7, 11) is 0. The first kappa shape index (κ1) is 19.9. The second-order valence-corrected chi connectivity index (χ2v) is 6.39. The van der Waals surface area contributed by atoms with Gasteiger partial charge in [-0.15, -0.1) is 0 Å².